The van der Waals surface area contributed by atoms with Crippen LogP contribution < -0.4 is 20.5 Å². The first kappa shape index (κ1) is 18.9. The van der Waals surface area contributed by atoms with Crippen LogP contribution in [-0.2, 0) is 0 Å². The molecule has 4 N–H and O–H groups in total. The van der Waals surface area contributed by atoms with E-state index in [-0.39, 0.29) is 24.4 Å². The Kier molecular flexibility index (Phi) is 4.50. The van der Waals surface area contributed by atoms with Crippen molar-refractivity contribution in [3.8, 4) is 11.5 Å². The summed E-state index contributed by atoms with van der Waals surface area (Å²) in [4.78, 5) is 15.6. The quantitative estimate of drug-likeness (QED) is 0.595. The number of hydrogen-bond donors (Lipinski definition) is 3. The molecule has 2 aromatic heterocycles. The number of ether oxygens (including phenoxy) is 2. The van der Waals surface area contributed by atoms with Gasteiger partial charge in [0.1, 0.15) is 23.8 Å². The highest BCUT2D eigenvalue weighted by molar-refractivity contribution is 5.94. The number of carbonyl (C=O) groups is 1. The molecule has 1 unspecified atom stereocenters. The van der Waals surface area contributed by atoms with E-state index in [1.807, 2.05) is 13.8 Å². The SMILES string of the molecule is C[C@@H](Nc1ccn2ncc(C(=O)O)c2n1)c1cc(F)cc2c1OC(C)(CN)CO2. The molecule has 0 aliphatic carbocycles. The standard InChI is InChI=1S/C19H20FN5O4/c1-10(23-15-3-4-25-17(24-15)13(7-22-25)18(26)27)12-5-11(20)6-14-16(12)29-19(2,8-21)9-28-14/h3-7,10H,8-9,21H2,1-2H3,(H,23,24)(H,26,27)/t10-,19?/m1/s1. The summed E-state index contributed by atoms with van der Waals surface area (Å²) < 4.78 is 27.3. The number of halogens is 1. The number of anilines is 1. The highest BCUT2D eigenvalue weighted by atomic mass is 19.1. The maximum Gasteiger partial charge on any atom is 0.341 e. The fourth-order valence-corrected chi connectivity index (χ4v) is 3.13. The number of nitrogens with zero attached hydrogens (tertiary/aromatic N) is 3. The van der Waals surface area contributed by atoms with E-state index < -0.39 is 23.4 Å². The molecule has 9 nitrogen and oxygen atoms in total. The van der Waals surface area contributed by atoms with E-state index in [9.17, 15) is 14.3 Å². The minimum atomic E-state index is -1.12. The third kappa shape index (κ3) is 3.42. The van der Waals surface area contributed by atoms with E-state index in [1.165, 1.54) is 22.8 Å². The van der Waals surface area contributed by atoms with E-state index in [1.54, 1.807) is 12.3 Å². The zero-order chi connectivity index (χ0) is 20.8. The molecule has 0 fully saturated rings. The summed E-state index contributed by atoms with van der Waals surface area (Å²) in [5.41, 5.74) is 5.80. The summed E-state index contributed by atoms with van der Waals surface area (Å²) in [6.45, 7) is 4.10. The van der Waals surface area contributed by atoms with Crippen molar-refractivity contribution in [2.75, 3.05) is 18.5 Å². The lowest BCUT2D eigenvalue weighted by molar-refractivity contribution is 0.0119. The first-order valence-electron chi connectivity index (χ1n) is 8.99. The highest BCUT2D eigenvalue weighted by Crippen LogP contribution is 2.42. The summed E-state index contributed by atoms with van der Waals surface area (Å²) in [6.07, 6.45) is 2.83. The fourth-order valence-electron chi connectivity index (χ4n) is 3.13. The number of aromatic nitrogens is 3. The van der Waals surface area contributed by atoms with E-state index in [0.717, 1.165) is 0 Å². The Hall–Kier alpha value is -3.40. The zero-order valence-corrected chi connectivity index (χ0v) is 15.8. The maximum absolute atomic E-state index is 14.2. The number of nitrogens with one attached hydrogen (secondary N) is 1. The van der Waals surface area contributed by atoms with Crippen LogP contribution in [0.2, 0.25) is 0 Å². The number of aromatic carboxylic acids is 1. The van der Waals surface area contributed by atoms with Gasteiger partial charge in [0, 0.05) is 24.4 Å². The molecule has 0 radical (unpaired) electrons. The number of hydrogen-bond acceptors (Lipinski definition) is 7. The second kappa shape index (κ2) is 6.89. The van der Waals surface area contributed by atoms with Gasteiger partial charge in [-0.25, -0.2) is 18.7 Å². The lowest BCUT2D eigenvalue weighted by atomic mass is 10.0. The Balaban J connectivity index is 1.68. The molecule has 4 rings (SSSR count). The van der Waals surface area contributed by atoms with Gasteiger partial charge in [0.25, 0.3) is 0 Å². The van der Waals surface area contributed by atoms with Crippen LogP contribution in [0.1, 0.15) is 35.8 Å². The first-order chi connectivity index (χ1) is 13.8. The van der Waals surface area contributed by atoms with Crippen LogP contribution in [0.25, 0.3) is 5.65 Å². The molecule has 10 heteroatoms. The average Bonchev–Trinajstić information content (AvgIpc) is 3.11. The molecule has 1 aromatic carbocycles. The van der Waals surface area contributed by atoms with Crippen molar-refractivity contribution in [2.24, 2.45) is 5.73 Å². The lowest BCUT2D eigenvalue weighted by Gasteiger charge is -2.36. The number of fused-ring (bicyclic) bond motifs is 2. The largest absolute Gasteiger partial charge is 0.485 e. The van der Waals surface area contributed by atoms with Crippen molar-refractivity contribution < 1.29 is 23.8 Å². The predicted octanol–water partition coefficient (Wildman–Crippen LogP) is 2.23. The molecule has 3 heterocycles. The van der Waals surface area contributed by atoms with Crippen molar-refractivity contribution >= 4 is 17.4 Å². The van der Waals surface area contributed by atoms with Gasteiger partial charge in [-0.3, -0.25) is 0 Å². The van der Waals surface area contributed by atoms with Gasteiger partial charge in [-0.05, 0) is 26.0 Å². The highest BCUT2D eigenvalue weighted by Gasteiger charge is 2.34. The molecule has 0 bridgehead atoms. The van der Waals surface area contributed by atoms with Crippen molar-refractivity contribution in [3.63, 3.8) is 0 Å². The van der Waals surface area contributed by atoms with Crippen LogP contribution >= 0.6 is 0 Å². The van der Waals surface area contributed by atoms with Crippen molar-refractivity contribution in [2.45, 2.75) is 25.5 Å². The Morgan fingerprint density at radius 2 is 2.31 bits per heavy atom. The Morgan fingerprint density at radius 1 is 1.52 bits per heavy atom. The van der Waals surface area contributed by atoms with Crippen LogP contribution in [0, 0.1) is 5.82 Å². The van der Waals surface area contributed by atoms with Crippen LogP contribution in [-0.4, -0.2) is 44.4 Å². The Bertz CT molecular complexity index is 1100. The molecule has 29 heavy (non-hydrogen) atoms. The average molecular weight is 401 g/mol. The lowest BCUT2D eigenvalue weighted by Crippen LogP contribution is -2.48. The van der Waals surface area contributed by atoms with E-state index >= 15 is 0 Å². The van der Waals surface area contributed by atoms with E-state index in [2.05, 4.69) is 15.4 Å². The van der Waals surface area contributed by atoms with Crippen molar-refractivity contribution in [1.29, 1.82) is 0 Å². The molecule has 2 atom stereocenters. The number of carboxylic acid groups (broad SMARTS) is 1. The predicted molar refractivity (Wildman–Crippen MR) is 102 cm³/mol. The third-order valence-corrected chi connectivity index (χ3v) is 4.79. The van der Waals surface area contributed by atoms with E-state index in [4.69, 9.17) is 15.2 Å². The topological polar surface area (TPSA) is 124 Å². The normalized spacial score (nSPS) is 19.2. The van der Waals surface area contributed by atoms with Crippen molar-refractivity contribution in [3.05, 3.63) is 47.5 Å². The summed E-state index contributed by atoms with van der Waals surface area (Å²) in [6, 6.07) is 3.86. The third-order valence-electron chi connectivity index (χ3n) is 4.79. The zero-order valence-electron chi connectivity index (χ0n) is 15.8. The Labute approximate surface area is 165 Å². The van der Waals surface area contributed by atoms with Crippen LogP contribution in [0.4, 0.5) is 10.2 Å². The molecular formula is C19H20FN5O4. The summed E-state index contributed by atoms with van der Waals surface area (Å²) in [5, 5.41) is 16.4. The fraction of sp³-hybridized carbons (Fsp3) is 0.316. The summed E-state index contributed by atoms with van der Waals surface area (Å²) in [5.74, 6) is -0.443. The van der Waals surface area contributed by atoms with Crippen molar-refractivity contribution in [1.82, 2.24) is 14.6 Å². The summed E-state index contributed by atoms with van der Waals surface area (Å²) in [7, 11) is 0. The molecule has 1 aliphatic heterocycles. The Morgan fingerprint density at radius 3 is 3.03 bits per heavy atom. The van der Waals surface area contributed by atoms with Gasteiger partial charge in [-0.15, -0.1) is 0 Å². The van der Waals surface area contributed by atoms with Crippen LogP contribution in [0.3, 0.4) is 0 Å². The second-order valence-corrected chi connectivity index (χ2v) is 7.18. The number of benzene rings is 1. The van der Waals surface area contributed by atoms with Gasteiger partial charge in [-0.2, -0.15) is 5.10 Å². The monoisotopic (exact) mass is 401 g/mol. The van der Waals surface area contributed by atoms with E-state index in [0.29, 0.717) is 22.9 Å². The van der Waals surface area contributed by atoms with Gasteiger partial charge >= 0.3 is 5.97 Å². The molecule has 0 saturated carbocycles. The smallest absolute Gasteiger partial charge is 0.341 e. The van der Waals surface area contributed by atoms with Crippen LogP contribution in [0.5, 0.6) is 11.5 Å². The van der Waals surface area contributed by atoms with Gasteiger partial charge in [-0.1, -0.05) is 0 Å². The van der Waals surface area contributed by atoms with Crippen LogP contribution in [0.15, 0.2) is 30.6 Å². The van der Waals surface area contributed by atoms with Gasteiger partial charge < -0.3 is 25.6 Å². The molecule has 0 amide bonds. The van der Waals surface area contributed by atoms with Gasteiger partial charge in [0.05, 0.1) is 12.2 Å². The second-order valence-electron chi connectivity index (χ2n) is 7.18. The number of rotatable bonds is 5. The first-order valence-corrected chi connectivity index (χ1v) is 8.99. The number of nitrogens with two attached hydrogens (primary N) is 1. The minimum Gasteiger partial charge on any atom is -0.485 e. The maximum atomic E-state index is 14.2. The number of carboxylic acids is 1. The molecule has 1 aliphatic rings. The molecule has 152 valence electrons. The summed E-state index contributed by atoms with van der Waals surface area (Å²) >= 11 is 0. The molecule has 0 spiro atoms. The molecular weight excluding hydrogens is 381 g/mol. The molecule has 3 aromatic rings. The minimum absolute atomic E-state index is 0.0140. The van der Waals surface area contributed by atoms with Gasteiger partial charge in [0.15, 0.2) is 22.7 Å². The molecule has 0 saturated heterocycles. The van der Waals surface area contributed by atoms with Gasteiger partial charge in [0.2, 0.25) is 0 Å².